The van der Waals surface area contributed by atoms with Gasteiger partial charge in [0.2, 0.25) is 0 Å². The summed E-state index contributed by atoms with van der Waals surface area (Å²) in [7, 11) is 1.82. The highest BCUT2D eigenvalue weighted by Crippen LogP contribution is 2.20. The molecule has 0 radical (unpaired) electrons. The highest BCUT2D eigenvalue weighted by atomic mass is 79.9. The van der Waals surface area contributed by atoms with E-state index in [1.54, 1.807) is 4.68 Å². The quantitative estimate of drug-likeness (QED) is 0.351. The second-order valence-electron chi connectivity index (χ2n) is 2.74. The van der Waals surface area contributed by atoms with Crippen LogP contribution >= 0.6 is 15.9 Å². The molecule has 0 aliphatic rings. The van der Waals surface area contributed by atoms with Gasteiger partial charge in [-0.1, -0.05) is 5.16 Å². The third kappa shape index (κ3) is 2.00. The van der Waals surface area contributed by atoms with Crippen LogP contribution in [0.25, 0.3) is 0 Å². The van der Waals surface area contributed by atoms with Crippen molar-refractivity contribution in [3.63, 3.8) is 0 Å². The molecule has 1 aromatic rings. The summed E-state index contributed by atoms with van der Waals surface area (Å²) in [4.78, 5) is 0. The molecule has 0 saturated heterocycles. The molecule has 72 valence electrons. The number of nitrogens with two attached hydrogens (primary N) is 1. The van der Waals surface area contributed by atoms with Gasteiger partial charge in [0, 0.05) is 7.05 Å². The lowest BCUT2D eigenvalue weighted by Gasteiger charge is -2.00. The molecule has 1 heterocycles. The molecule has 0 amide bonds. The molecule has 6 heteroatoms. The van der Waals surface area contributed by atoms with Crippen molar-refractivity contribution in [2.75, 3.05) is 0 Å². The molecule has 1 rings (SSSR count). The minimum Gasteiger partial charge on any atom is -0.409 e. The Kier molecular flexibility index (Phi) is 2.92. The van der Waals surface area contributed by atoms with E-state index in [9.17, 15) is 0 Å². The van der Waals surface area contributed by atoms with Crippen LogP contribution in [0, 0.1) is 6.92 Å². The molecular weight excluding hydrogens is 236 g/mol. The molecule has 0 bridgehead atoms. The maximum absolute atomic E-state index is 8.40. The zero-order chi connectivity index (χ0) is 10.0. The van der Waals surface area contributed by atoms with Gasteiger partial charge >= 0.3 is 0 Å². The minimum absolute atomic E-state index is 0.170. The number of oxime groups is 1. The lowest BCUT2D eigenvalue weighted by Crippen LogP contribution is -2.17. The number of aryl methyl sites for hydroxylation is 2. The Morgan fingerprint density at radius 3 is 2.77 bits per heavy atom. The number of nitrogens with zero attached hydrogens (tertiary/aromatic N) is 3. The van der Waals surface area contributed by atoms with E-state index >= 15 is 0 Å². The van der Waals surface area contributed by atoms with Crippen LogP contribution in [0.1, 0.15) is 11.4 Å². The molecule has 0 saturated carbocycles. The maximum Gasteiger partial charge on any atom is 0.145 e. The van der Waals surface area contributed by atoms with Gasteiger partial charge in [0.25, 0.3) is 0 Å². The number of halogens is 1. The topological polar surface area (TPSA) is 76.4 Å². The first-order valence-corrected chi connectivity index (χ1v) is 4.50. The van der Waals surface area contributed by atoms with Gasteiger partial charge in [0.1, 0.15) is 5.84 Å². The Labute approximate surface area is 84.3 Å². The van der Waals surface area contributed by atoms with E-state index in [0.29, 0.717) is 6.42 Å². The number of rotatable bonds is 2. The summed E-state index contributed by atoms with van der Waals surface area (Å²) >= 11 is 3.38. The van der Waals surface area contributed by atoms with E-state index in [-0.39, 0.29) is 5.84 Å². The second kappa shape index (κ2) is 3.78. The fraction of sp³-hybridized carbons (Fsp3) is 0.429. The van der Waals surface area contributed by atoms with Crippen LogP contribution in [0.5, 0.6) is 0 Å². The maximum atomic E-state index is 8.40. The van der Waals surface area contributed by atoms with Gasteiger partial charge in [0.05, 0.1) is 22.3 Å². The van der Waals surface area contributed by atoms with Crippen molar-refractivity contribution in [1.29, 1.82) is 0 Å². The van der Waals surface area contributed by atoms with E-state index in [1.807, 2.05) is 14.0 Å². The third-order valence-electron chi connectivity index (χ3n) is 1.74. The summed E-state index contributed by atoms with van der Waals surface area (Å²) in [5.41, 5.74) is 7.18. The second-order valence-corrected chi connectivity index (χ2v) is 3.53. The molecular formula is C7H11BrN4O. The summed E-state index contributed by atoms with van der Waals surface area (Å²) in [5, 5.41) is 15.5. The third-order valence-corrected chi connectivity index (χ3v) is 2.77. The van der Waals surface area contributed by atoms with Crippen molar-refractivity contribution in [2.45, 2.75) is 13.3 Å². The first kappa shape index (κ1) is 10.0. The van der Waals surface area contributed by atoms with Crippen molar-refractivity contribution in [3.05, 3.63) is 15.9 Å². The molecule has 5 nitrogen and oxygen atoms in total. The Morgan fingerprint density at radius 1 is 1.77 bits per heavy atom. The molecule has 0 atom stereocenters. The molecule has 1 aromatic heterocycles. The van der Waals surface area contributed by atoms with Gasteiger partial charge in [-0.25, -0.2) is 0 Å². The zero-order valence-electron chi connectivity index (χ0n) is 7.45. The van der Waals surface area contributed by atoms with Crippen LogP contribution in [0.15, 0.2) is 9.63 Å². The summed E-state index contributed by atoms with van der Waals surface area (Å²) in [6.07, 6.45) is 0.383. The summed E-state index contributed by atoms with van der Waals surface area (Å²) in [6, 6.07) is 0. The lowest BCUT2D eigenvalue weighted by molar-refractivity contribution is 0.317. The highest BCUT2D eigenvalue weighted by Gasteiger charge is 2.11. The van der Waals surface area contributed by atoms with Crippen LogP contribution in [-0.2, 0) is 13.5 Å². The minimum atomic E-state index is 0.170. The fourth-order valence-electron chi connectivity index (χ4n) is 1.08. The van der Waals surface area contributed by atoms with Gasteiger partial charge in [-0.05, 0) is 22.9 Å². The monoisotopic (exact) mass is 246 g/mol. The van der Waals surface area contributed by atoms with Crippen LogP contribution < -0.4 is 5.73 Å². The SMILES string of the molecule is Cc1nn(C)c(C/C(N)=N/O)c1Br. The van der Waals surface area contributed by atoms with Crippen LogP contribution in [0.2, 0.25) is 0 Å². The van der Waals surface area contributed by atoms with Gasteiger partial charge in [0.15, 0.2) is 0 Å². The Morgan fingerprint density at radius 2 is 2.38 bits per heavy atom. The largest absolute Gasteiger partial charge is 0.409 e. The standard InChI is InChI=1S/C7H11BrN4O/c1-4-7(8)5(12(2)10-4)3-6(9)11-13/h13H,3H2,1-2H3,(H2,9,11). The average molecular weight is 247 g/mol. The van der Waals surface area contributed by atoms with Gasteiger partial charge in [-0.15, -0.1) is 0 Å². The van der Waals surface area contributed by atoms with Crippen LogP contribution in [0.4, 0.5) is 0 Å². The number of amidine groups is 1. The predicted molar refractivity (Wildman–Crippen MR) is 52.8 cm³/mol. The van der Waals surface area contributed by atoms with Gasteiger partial charge < -0.3 is 10.9 Å². The smallest absolute Gasteiger partial charge is 0.145 e. The fourth-order valence-corrected chi connectivity index (χ4v) is 1.56. The molecule has 0 unspecified atom stereocenters. The molecule has 13 heavy (non-hydrogen) atoms. The van der Waals surface area contributed by atoms with E-state index in [1.165, 1.54) is 0 Å². The van der Waals surface area contributed by atoms with Crippen molar-refractivity contribution in [2.24, 2.45) is 17.9 Å². The first-order chi connectivity index (χ1) is 6.06. The number of aromatic nitrogens is 2. The Bertz CT molecular complexity index is 345. The normalized spacial score (nSPS) is 12.1. The molecule has 0 fully saturated rings. The summed E-state index contributed by atoms with van der Waals surface area (Å²) in [6.45, 7) is 1.89. The van der Waals surface area contributed by atoms with E-state index in [2.05, 4.69) is 26.2 Å². The van der Waals surface area contributed by atoms with Gasteiger partial charge in [-0.2, -0.15) is 5.10 Å². The molecule has 0 aliphatic carbocycles. The van der Waals surface area contributed by atoms with Crippen molar-refractivity contribution >= 4 is 21.8 Å². The zero-order valence-corrected chi connectivity index (χ0v) is 9.04. The van der Waals surface area contributed by atoms with E-state index < -0.39 is 0 Å². The van der Waals surface area contributed by atoms with E-state index in [0.717, 1.165) is 15.9 Å². The average Bonchev–Trinajstić information content (AvgIpc) is 2.32. The van der Waals surface area contributed by atoms with Crippen LogP contribution in [0.3, 0.4) is 0 Å². The van der Waals surface area contributed by atoms with Crippen LogP contribution in [-0.4, -0.2) is 20.8 Å². The molecule has 0 spiro atoms. The van der Waals surface area contributed by atoms with Crippen molar-refractivity contribution in [1.82, 2.24) is 9.78 Å². The Hall–Kier alpha value is -1.04. The van der Waals surface area contributed by atoms with E-state index in [4.69, 9.17) is 10.9 Å². The van der Waals surface area contributed by atoms with Crippen molar-refractivity contribution in [3.8, 4) is 0 Å². The molecule has 0 aromatic carbocycles. The lowest BCUT2D eigenvalue weighted by atomic mass is 10.3. The summed E-state index contributed by atoms with van der Waals surface area (Å²) < 4.78 is 2.61. The Balaban J connectivity index is 3.00. The predicted octanol–water partition coefficient (Wildman–Crippen LogP) is 0.780. The van der Waals surface area contributed by atoms with Crippen molar-refractivity contribution < 1.29 is 5.21 Å². The highest BCUT2D eigenvalue weighted by molar-refractivity contribution is 9.10. The first-order valence-electron chi connectivity index (χ1n) is 3.70. The summed E-state index contributed by atoms with van der Waals surface area (Å²) in [5.74, 6) is 0.170. The molecule has 3 N–H and O–H groups in total. The van der Waals surface area contributed by atoms with Gasteiger partial charge in [-0.3, -0.25) is 4.68 Å². The number of hydrogen-bond acceptors (Lipinski definition) is 3. The molecule has 0 aliphatic heterocycles. The number of hydrogen-bond donors (Lipinski definition) is 2.